The summed E-state index contributed by atoms with van der Waals surface area (Å²) in [5, 5.41) is 2.99. The average Bonchev–Trinajstić information content (AvgIpc) is 3.13. The molecule has 0 aromatic heterocycles. The van der Waals surface area contributed by atoms with Crippen molar-refractivity contribution in [2.45, 2.75) is 45.6 Å². The van der Waals surface area contributed by atoms with Crippen molar-refractivity contribution in [1.29, 1.82) is 0 Å². The maximum atomic E-state index is 12.1. The van der Waals surface area contributed by atoms with E-state index in [1.165, 1.54) is 0 Å². The van der Waals surface area contributed by atoms with Crippen LogP contribution in [0.5, 0.6) is 0 Å². The summed E-state index contributed by atoms with van der Waals surface area (Å²) in [6, 6.07) is 0. The van der Waals surface area contributed by atoms with Crippen LogP contribution in [-0.4, -0.2) is 59.9 Å². The summed E-state index contributed by atoms with van der Waals surface area (Å²) in [7, 11) is 0. The minimum Gasteiger partial charge on any atom is -0.350 e. The van der Waals surface area contributed by atoms with Crippen LogP contribution in [0.2, 0.25) is 0 Å². The summed E-state index contributed by atoms with van der Waals surface area (Å²) in [5.74, 6) is 0.691. The van der Waals surface area contributed by atoms with Crippen molar-refractivity contribution >= 4 is 11.8 Å². The zero-order valence-corrected chi connectivity index (χ0v) is 12.9. The Morgan fingerprint density at radius 1 is 1.10 bits per heavy atom. The molecule has 0 aromatic rings. The molecule has 2 aliphatic rings. The van der Waals surface area contributed by atoms with E-state index in [4.69, 9.17) is 0 Å². The van der Waals surface area contributed by atoms with Crippen LogP contribution in [-0.2, 0) is 9.59 Å². The van der Waals surface area contributed by atoms with E-state index in [2.05, 4.69) is 10.2 Å². The van der Waals surface area contributed by atoms with Gasteiger partial charge >= 0.3 is 0 Å². The quantitative estimate of drug-likeness (QED) is 0.834. The lowest BCUT2D eigenvalue weighted by Crippen LogP contribution is -2.46. The van der Waals surface area contributed by atoms with Gasteiger partial charge in [-0.25, -0.2) is 0 Å². The number of nitrogens with one attached hydrogen (secondary N) is 1. The number of amides is 2. The Balaban J connectivity index is 1.77. The zero-order chi connectivity index (χ0) is 14.8. The monoisotopic (exact) mass is 281 g/mol. The van der Waals surface area contributed by atoms with Crippen LogP contribution in [0.15, 0.2) is 0 Å². The SMILES string of the molecule is CC(C)(C)NC(=O)CN1CCCN(C(=O)C2CC2)CC1. The van der Waals surface area contributed by atoms with E-state index in [1.807, 2.05) is 25.7 Å². The molecule has 2 amide bonds. The minimum absolute atomic E-state index is 0.0690. The molecule has 1 saturated heterocycles. The van der Waals surface area contributed by atoms with Gasteiger partial charge in [-0.05, 0) is 40.0 Å². The minimum atomic E-state index is -0.184. The van der Waals surface area contributed by atoms with Gasteiger partial charge in [0.25, 0.3) is 0 Å². The fraction of sp³-hybridized carbons (Fsp3) is 0.867. The first-order valence-electron chi connectivity index (χ1n) is 7.67. The molecule has 0 spiro atoms. The normalized spacial score (nSPS) is 21.4. The third kappa shape index (κ3) is 4.78. The van der Waals surface area contributed by atoms with Gasteiger partial charge in [0.1, 0.15) is 0 Å². The predicted molar refractivity (Wildman–Crippen MR) is 78.3 cm³/mol. The van der Waals surface area contributed by atoms with Gasteiger partial charge in [-0.3, -0.25) is 14.5 Å². The molecule has 0 aromatic carbocycles. The zero-order valence-electron chi connectivity index (χ0n) is 12.9. The molecule has 5 heteroatoms. The molecule has 2 rings (SSSR count). The fourth-order valence-electron chi connectivity index (χ4n) is 2.60. The highest BCUT2D eigenvalue weighted by atomic mass is 16.2. The Bertz CT molecular complexity index is 372. The van der Waals surface area contributed by atoms with Gasteiger partial charge in [-0.2, -0.15) is 0 Å². The smallest absolute Gasteiger partial charge is 0.234 e. The summed E-state index contributed by atoms with van der Waals surface area (Å²) in [5.41, 5.74) is -0.184. The van der Waals surface area contributed by atoms with E-state index < -0.39 is 0 Å². The third-order valence-corrected chi connectivity index (χ3v) is 3.71. The first kappa shape index (κ1) is 15.3. The molecular weight excluding hydrogens is 254 g/mol. The summed E-state index contributed by atoms with van der Waals surface area (Å²) in [6.07, 6.45) is 3.08. The summed E-state index contributed by atoms with van der Waals surface area (Å²) < 4.78 is 0. The lowest BCUT2D eigenvalue weighted by Gasteiger charge is -2.25. The second-order valence-corrected chi connectivity index (χ2v) is 7.03. The Hall–Kier alpha value is -1.10. The van der Waals surface area contributed by atoms with Crippen LogP contribution in [0, 0.1) is 5.92 Å². The van der Waals surface area contributed by atoms with Crippen molar-refractivity contribution in [3.8, 4) is 0 Å². The van der Waals surface area contributed by atoms with Crippen molar-refractivity contribution in [2.75, 3.05) is 32.7 Å². The van der Waals surface area contributed by atoms with E-state index in [0.29, 0.717) is 18.4 Å². The topological polar surface area (TPSA) is 52.7 Å². The van der Waals surface area contributed by atoms with E-state index in [9.17, 15) is 9.59 Å². The Labute approximate surface area is 121 Å². The molecule has 1 aliphatic carbocycles. The first-order chi connectivity index (χ1) is 9.35. The Kier molecular flexibility index (Phi) is 4.68. The Morgan fingerprint density at radius 2 is 1.80 bits per heavy atom. The number of hydrogen-bond acceptors (Lipinski definition) is 3. The highest BCUT2D eigenvalue weighted by molar-refractivity contribution is 5.81. The van der Waals surface area contributed by atoms with Crippen LogP contribution in [0.1, 0.15) is 40.0 Å². The Morgan fingerprint density at radius 3 is 2.40 bits per heavy atom. The number of hydrogen-bond donors (Lipinski definition) is 1. The molecule has 1 heterocycles. The van der Waals surface area contributed by atoms with E-state index in [1.54, 1.807) is 0 Å². The molecule has 1 aliphatic heterocycles. The maximum absolute atomic E-state index is 12.1. The van der Waals surface area contributed by atoms with Gasteiger partial charge in [0.15, 0.2) is 0 Å². The molecular formula is C15H27N3O2. The van der Waals surface area contributed by atoms with Gasteiger partial charge in [0.05, 0.1) is 6.54 Å². The molecule has 1 N–H and O–H groups in total. The van der Waals surface area contributed by atoms with E-state index >= 15 is 0 Å². The van der Waals surface area contributed by atoms with Crippen molar-refractivity contribution in [3.05, 3.63) is 0 Å². The van der Waals surface area contributed by atoms with Crippen LogP contribution in [0.25, 0.3) is 0 Å². The molecule has 1 saturated carbocycles. The van der Waals surface area contributed by atoms with Crippen LogP contribution < -0.4 is 5.32 Å². The standard InChI is InChI=1S/C15H27N3O2/c1-15(2,3)16-13(19)11-17-7-4-8-18(10-9-17)14(20)12-5-6-12/h12H,4-11H2,1-3H3,(H,16,19). The second-order valence-electron chi connectivity index (χ2n) is 7.03. The molecule has 0 atom stereocenters. The van der Waals surface area contributed by atoms with Gasteiger partial charge < -0.3 is 10.2 Å². The van der Waals surface area contributed by atoms with Gasteiger partial charge in [-0.1, -0.05) is 0 Å². The van der Waals surface area contributed by atoms with Crippen LogP contribution in [0.3, 0.4) is 0 Å². The predicted octanol–water partition coefficient (Wildman–Crippen LogP) is 0.845. The molecule has 0 radical (unpaired) electrons. The molecule has 0 unspecified atom stereocenters. The third-order valence-electron chi connectivity index (χ3n) is 3.71. The van der Waals surface area contributed by atoms with Crippen molar-refractivity contribution in [3.63, 3.8) is 0 Å². The molecule has 2 fully saturated rings. The fourth-order valence-corrected chi connectivity index (χ4v) is 2.60. The summed E-state index contributed by atoms with van der Waals surface area (Å²) in [6.45, 7) is 9.70. The van der Waals surface area contributed by atoms with Gasteiger partial charge in [0.2, 0.25) is 11.8 Å². The largest absolute Gasteiger partial charge is 0.350 e. The summed E-state index contributed by atoms with van der Waals surface area (Å²) >= 11 is 0. The van der Waals surface area contributed by atoms with E-state index in [0.717, 1.165) is 45.4 Å². The number of carbonyl (C=O) groups is 2. The van der Waals surface area contributed by atoms with Gasteiger partial charge in [-0.15, -0.1) is 0 Å². The maximum Gasteiger partial charge on any atom is 0.234 e. The number of carbonyl (C=O) groups excluding carboxylic acids is 2. The number of rotatable bonds is 3. The number of nitrogens with zero attached hydrogens (tertiary/aromatic N) is 2. The lowest BCUT2D eigenvalue weighted by atomic mass is 10.1. The van der Waals surface area contributed by atoms with Crippen LogP contribution in [0.4, 0.5) is 0 Å². The highest BCUT2D eigenvalue weighted by Gasteiger charge is 2.34. The second kappa shape index (κ2) is 6.12. The van der Waals surface area contributed by atoms with Crippen molar-refractivity contribution in [2.24, 2.45) is 5.92 Å². The first-order valence-corrected chi connectivity index (χ1v) is 7.67. The average molecular weight is 281 g/mol. The van der Waals surface area contributed by atoms with Gasteiger partial charge in [0, 0.05) is 37.6 Å². The molecule has 20 heavy (non-hydrogen) atoms. The van der Waals surface area contributed by atoms with E-state index in [-0.39, 0.29) is 11.4 Å². The highest BCUT2D eigenvalue weighted by Crippen LogP contribution is 2.31. The van der Waals surface area contributed by atoms with Crippen molar-refractivity contribution < 1.29 is 9.59 Å². The molecule has 114 valence electrons. The molecule has 5 nitrogen and oxygen atoms in total. The van der Waals surface area contributed by atoms with Crippen molar-refractivity contribution in [1.82, 2.24) is 15.1 Å². The lowest BCUT2D eigenvalue weighted by molar-refractivity contribution is -0.132. The summed E-state index contributed by atoms with van der Waals surface area (Å²) in [4.78, 5) is 28.1. The van der Waals surface area contributed by atoms with Crippen LogP contribution >= 0.6 is 0 Å². The molecule has 0 bridgehead atoms.